The second-order valence-electron chi connectivity index (χ2n) is 3.71. The normalized spacial score (nSPS) is 11.7. The highest BCUT2D eigenvalue weighted by Gasteiger charge is 2.36. The van der Waals surface area contributed by atoms with Crippen LogP contribution in [0.5, 0.6) is 0 Å². The summed E-state index contributed by atoms with van der Waals surface area (Å²) in [7, 11) is 1.14. The van der Waals surface area contributed by atoms with E-state index >= 15 is 0 Å². The molecule has 9 heteroatoms. The molecule has 2 rings (SSSR count). The van der Waals surface area contributed by atoms with Gasteiger partial charge in [0.05, 0.1) is 12.7 Å². The maximum absolute atomic E-state index is 12.8. The molecule has 0 N–H and O–H groups in total. The van der Waals surface area contributed by atoms with Gasteiger partial charge in [0.1, 0.15) is 9.22 Å². The number of carbonyl (C=O) groups is 1. The highest BCUT2D eigenvalue weighted by molar-refractivity contribution is 14.1. The van der Waals surface area contributed by atoms with Gasteiger partial charge in [0.2, 0.25) is 0 Å². The van der Waals surface area contributed by atoms with Gasteiger partial charge >= 0.3 is 12.1 Å². The fourth-order valence-corrected chi connectivity index (χ4v) is 2.24. The van der Waals surface area contributed by atoms with Gasteiger partial charge in [0.25, 0.3) is 5.56 Å². The Kier molecular flexibility index (Phi) is 3.71. The molecule has 0 saturated heterocycles. The Labute approximate surface area is 123 Å². The van der Waals surface area contributed by atoms with E-state index < -0.39 is 27.0 Å². The molecule has 0 aliphatic carbocycles. The lowest BCUT2D eigenvalue weighted by Gasteiger charge is -2.10. The average molecular weight is 398 g/mol. The van der Waals surface area contributed by atoms with Crippen LogP contribution in [0.2, 0.25) is 0 Å². The maximum atomic E-state index is 12.8. The Morgan fingerprint density at radius 1 is 1.45 bits per heavy atom. The van der Waals surface area contributed by atoms with E-state index in [2.05, 4.69) is 9.72 Å². The second kappa shape index (κ2) is 5.04. The van der Waals surface area contributed by atoms with Gasteiger partial charge in [0.15, 0.2) is 5.69 Å². The molecule has 0 bridgehead atoms. The fraction of sp³-hybridized carbons (Fsp3) is 0.182. The number of rotatable bonds is 1. The Bertz CT molecular complexity index is 755. The number of carbonyl (C=O) groups excluding carboxylic acids is 1. The third kappa shape index (κ3) is 2.49. The van der Waals surface area contributed by atoms with E-state index in [1.165, 1.54) is 34.9 Å². The van der Waals surface area contributed by atoms with Crippen LogP contribution in [-0.2, 0) is 10.9 Å². The van der Waals surface area contributed by atoms with Crippen molar-refractivity contribution in [1.82, 2.24) is 9.38 Å². The van der Waals surface area contributed by atoms with Crippen LogP contribution >= 0.6 is 22.6 Å². The monoisotopic (exact) mass is 398 g/mol. The number of ether oxygens (including phenoxy) is 1. The van der Waals surface area contributed by atoms with E-state index in [-0.39, 0.29) is 11.2 Å². The predicted octanol–water partition coefficient (Wildman–Crippen LogP) is 2.10. The molecular formula is C11H6F3IN2O3. The summed E-state index contributed by atoms with van der Waals surface area (Å²) in [6.07, 6.45) is -3.56. The Hall–Kier alpha value is -1.65. The van der Waals surface area contributed by atoms with Gasteiger partial charge in [-0.05, 0) is 34.7 Å². The molecule has 0 aliphatic heterocycles. The van der Waals surface area contributed by atoms with E-state index in [1.807, 2.05) is 0 Å². The topological polar surface area (TPSA) is 60.7 Å². The molecule has 0 saturated carbocycles. The van der Waals surface area contributed by atoms with Crippen LogP contribution in [0.1, 0.15) is 16.1 Å². The lowest BCUT2D eigenvalue weighted by molar-refractivity contribution is -0.141. The molecule has 0 fully saturated rings. The summed E-state index contributed by atoms with van der Waals surface area (Å²) in [5.74, 6) is -0.728. The highest BCUT2D eigenvalue weighted by atomic mass is 127. The number of hydrogen-bond acceptors (Lipinski definition) is 4. The molecule has 2 heterocycles. The van der Waals surface area contributed by atoms with Gasteiger partial charge < -0.3 is 4.74 Å². The summed E-state index contributed by atoms with van der Waals surface area (Å²) in [4.78, 5) is 26.6. The van der Waals surface area contributed by atoms with E-state index in [1.54, 1.807) is 0 Å². The van der Waals surface area contributed by atoms with Crippen molar-refractivity contribution in [2.24, 2.45) is 0 Å². The minimum atomic E-state index is -4.74. The highest BCUT2D eigenvalue weighted by Crippen LogP contribution is 2.30. The van der Waals surface area contributed by atoms with Crippen molar-refractivity contribution in [3.8, 4) is 0 Å². The van der Waals surface area contributed by atoms with Gasteiger partial charge in [-0.25, -0.2) is 9.78 Å². The molecule has 0 spiro atoms. The van der Waals surface area contributed by atoms with Crippen LogP contribution in [0, 0.1) is 3.57 Å². The van der Waals surface area contributed by atoms with Crippen LogP contribution in [0.25, 0.3) is 5.65 Å². The number of nitrogens with zero attached hydrogens (tertiary/aromatic N) is 2. The van der Waals surface area contributed by atoms with E-state index in [4.69, 9.17) is 0 Å². The zero-order valence-corrected chi connectivity index (χ0v) is 12.0. The molecule has 0 radical (unpaired) electrons. The molecular weight excluding hydrogens is 392 g/mol. The smallest absolute Gasteiger partial charge is 0.434 e. The first kappa shape index (κ1) is 14.8. The Morgan fingerprint density at radius 3 is 2.65 bits per heavy atom. The fourth-order valence-electron chi connectivity index (χ4n) is 1.55. The quantitative estimate of drug-likeness (QED) is 0.546. The lowest BCUT2D eigenvalue weighted by atomic mass is 10.2. The molecule has 20 heavy (non-hydrogen) atoms. The SMILES string of the molecule is COC(=O)c1ccn2c(=O)c(I)c(C(F)(F)F)nc2c1. The number of hydrogen-bond donors (Lipinski definition) is 0. The number of esters is 1. The van der Waals surface area contributed by atoms with Gasteiger partial charge in [-0.2, -0.15) is 13.2 Å². The zero-order valence-electron chi connectivity index (χ0n) is 9.86. The van der Waals surface area contributed by atoms with Gasteiger partial charge in [-0.15, -0.1) is 0 Å². The summed E-state index contributed by atoms with van der Waals surface area (Å²) in [6.45, 7) is 0. The summed E-state index contributed by atoms with van der Waals surface area (Å²) in [6, 6.07) is 2.34. The summed E-state index contributed by atoms with van der Waals surface area (Å²) in [5.41, 5.74) is -2.39. The third-order valence-corrected chi connectivity index (χ3v) is 3.44. The first-order chi connectivity index (χ1) is 9.25. The number of pyridine rings is 1. The summed E-state index contributed by atoms with van der Waals surface area (Å²) >= 11 is 1.30. The standard InChI is InChI=1S/C11H6F3IN2O3/c1-20-10(19)5-2-3-17-6(4-5)16-8(11(12,13)14)7(15)9(17)18/h2-4H,1H3. The van der Waals surface area contributed by atoms with Crippen molar-refractivity contribution in [1.29, 1.82) is 0 Å². The predicted molar refractivity (Wildman–Crippen MR) is 70.5 cm³/mol. The Balaban J connectivity index is 2.79. The minimum absolute atomic E-state index is 0.00809. The van der Waals surface area contributed by atoms with Crippen molar-refractivity contribution in [3.63, 3.8) is 0 Å². The van der Waals surface area contributed by atoms with Crippen LogP contribution < -0.4 is 5.56 Å². The molecule has 2 aromatic heterocycles. The Morgan fingerprint density at radius 2 is 2.10 bits per heavy atom. The van der Waals surface area contributed by atoms with E-state index in [0.29, 0.717) is 0 Å². The molecule has 0 aliphatic rings. The van der Waals surface area contributed by atoms with Crippen molar-refractivity contribution < 1.29 is 22.7 Å². The van der Waals surface area contributed by atoms with Crippen LogP contribution in [0.15, 0.2) is 23.1 Å². The summed E-state index contributed by atoms with van der Waals surface area (Å²) < 4.78 is 43.2. The average Bonchev–Trinajstić information content (AvgIpc) is 2.40. The first-order valence-electron chi connectivity index (χ1n) is 5.13. The van der Waals surface area contributed by atoms with E-state index in [9.17, 15) is 22.8 Å². The molecule has 2 aromatic rings. The second-order valence-corrected chi connectivity index (χ2v) is 4.79. The number of alkyl halides is 3. The van der Waals surface area contributed by atoms with Crippen molar-refractivity contribution in [2.45, 2.75) is 6.18 Å². The number of methoxy groups -OCH3 is 1. The van der Waals surface area contributed by atoms with Crippen LogP contribution in [0.3, 0.4) is 0 Å². The molecule has 0 unspecified atom stereocenters. The third-order valence-electron chi connectivity index (χ3n) is 2.47. The van der Waals surface area contributed by atoms with Gasteiger partial charge in [-0.1, -0.05) is 0 Å². The molecule has 0 atom stereocenters. The number of halogens is 4. The minimum Gasteiger partial charge on any atom is -0.465 e. The van der Waals surface area contributed by atoms with Crippen LogP contribution in [0.4, 0.5) is 13.2 Å². The van der Waals surface area contributed by atoms with Gasteiger partial charge in [-0.3, -0.25) is 9.20 Å². The molecule has 0 amide bonds. The molecule has 0 aromatic carbocycles. The number of aromatic nitrogens is 2. The van der Waals surface area contributed by atoms with Crippen molar-refractivity contribution >= 4 is 34.2 Å². The summed E-state index contributed by atoms with van der Waals surface area (Å²) in [5, 5.41) is 0. The number of fused-ring (bicyclic) bond motifs is 1. The first-order valence-corrected chi connectivity index (χ1v) is 6.21. The molecule has 5 nitrogen and oxygen atoms in total. The maximum Gasteiger partial charge on any atom is 0.434 e. The molecule has 106 valence electrons. The van der Waals surface area contributed by atoms with Crippen molar-refractivity contribution in [2.75, 3.05) is 7.11 Å². The lowest BCUT2D eigenvalue weighted by Crippen LogP contribution is -2.25. The van der Waals surface area contributed by atoms with Gasteiger partial charge in [0, 0.05) is 6.20 Å². The largest absolute Gasteiger partial charge is 0.465 e. The van der Waals surface area contributed by atoms with E-state index in [0.717, 1.165) is 17.6 Å². The van der Waals surface area contributed by atoms with Crippen molar-refractivity contribution in [3.05, 3.63) is 43.5 Å². The van der Waals surface area contributed by atoms with Crippen LogP contribution in [-0.4, -0.2) is 22.5 Å². The zero-order chi connectivity index (χ0) is 15.1.